The van der Waals surface area contributed by atoms with Crippen LogP contribution in [0.25, 0.3) is 0 Å². The predicted molar refractivity (Wildman–Crippen MR) is 69.5 cm³/mol. The van der Waals surface area contributed by atoms with Crippen molar-refractivity contribution >= 4 is 27.1 Å². The van der Waals surface area contributed by atoms with Crippen molar-refractivity contribution in [1.82, 2.24) is 0 Å². The molecule has 6 heteroatoms. The molecule has 0 radical (unpaired) electrons. The van der Waals surface area contributed by atoms with Crippen molar-refractivity contribution < 1.29 is 13.5 Å². The third-order valence-electron chi connectivity index (χ3n) is 2.76. The first-order valence-corrected chi connectivity index (χ1v) is 7.41. The third-order valence-corrected chi connectivity index (χ3v) is 5.82. The Bertz CT molecular complexity index is 486. The molecule has 17 heavy (non-hydrogen) atoms. The van der Waals surface area contributed by atoms with E-state index < -0.39 is 20.1 Å². The maximum atomic E-state index is 11.6. The number of aliphatic hydroxyl groups is 1. The molecule has 2 atom stereocenters. The van der Waals surface area contributed by atoms with Gasteiger partial charge in [-0.3, -0.25) is 0 Å². The second-order valence-electron chi connectivity index (χ2n) is 3.98. The fraction of sp³-hybridized carbons (Fsp3) is 0.455. The molecule has 1 aromatic carbocycles. The minimum absolute atomic E-state index is 0.110. The van der Waals surface area contributed by atoms with Crippen molar-refractivity contribution in [1.29, 1.82) is 0 Å². The smallest absolute Gasteiger partial charge is 0.174 e. The summed E-state index contributed by atoms with van der Waals surface area (Å²) in [5.74, 6) is 0. The number of aliphatic hydroxyl groups excluding tert-OH is 1. The first-order valence-electron chi connectivity index (χ1n) is 5.14. The lowest BCUT2D eigenvalue weighted by atomic mass is 10.0. The number of benzene rings is 1. The van der Waals surface area contributed by atoms with E-state index in [0.29, 0.717) is 11.3 Å². The second kappa shape index (κ2) is 4.84. The number of nitrogen functional groups attached to an aromatic ring is 1. The van der Waals surface area contributed by atoms with Gasteiger partial charge in [0.2, 0.25) is 0 Å². The van der Waals surface area contributed by atoms with Crippen LogP contribution in [0.1, 0.15) is 25.0 Å². The molecule has 3 N–H and O–H groups in total. The fourth-order valence-electron chi connectivity index (χ4n) is 1.59. The average Bonchev–Trinajstić information content (AvgIpc) is 2.26. The van der Waals surface area contributed by atoms with Crippen molar-refractivity contribution in [2.45, 2.75) is 23.7 Å². The van der Waals surface area contributed by atoms with Crippen molar-refractivity contribution in [3.05, 3.63) is 29.8 Å². The van der Waals surface area contributed by atoms with E-state index in [1.165, 1.54) is 0 Å². The maximum absolute atomic E-state index is 11.6. The van der Waals surface area contributed by atoms with Crippen molar-refractivity contribution in [3.63, 3.8) is 0 Å². The topological polar surface area (TPSA) is 80.4 Å². The number of hydrogen-bond donors (Lipinski definition) is 2. The van der Waals surface area contributed by atoms with Crippen LogP contribution >= 0.6 is 11.6 Å². The Morgan fingerprint density at radius 3 is 2.24 bits per heavy atom. The molecule has 0 saturated carbocycles. The van der Waals surface area contributed by atoms with E-state index in [-0.39, 0.29) is 6.42 Å². The van der Waals surface area contributed by atoms with Gasteiger partial charge in [0.1, 0.15) is 6.10 Å². The van der Waals surface area contributed by atoms with Crippen molar-refractivity contribution in [3.8, 4) is 0 Å². The third kappa shape index (κ3) is 2.73. The summed E-state index contributed by atoms with van der Waals surface area (Å²) >= 11 is 6.06. The molecule has 0 heterocycles. The zero-order chi connectivity index (χ0) is 13.3. The zero-order valence-corrected chi connectivity index (χ0v) is 11.3. The average molecular weight is 278 g/mol. The molecule has 1 rings (SSSR count). The van der Waals surface area contributed by atoms with Crippen LogP contribution in [-0.4, -0.2) is 24.0 Å². The van der Waals surface area contributed by atoms with Crippen LogP contribution in [0.15, 0.2) is 24.3 Å². The molecule has 0 aliphatic rings. The molecule has 1 aromatic rings. The molecule has 0 amide bonds. The number of rotatable bonds is 4. The Kier molecular flexibility index (Phi) is 4.06. The van der Waals surface area contributed by atoms with Gasteiger partial charge in [-0.25, -0.2) is 8.42 Å². The lowest BCUT2D eigenvalue weighted by Gasteiger charge is -2.29. The Morgan fingerprint density at radius 1 is 1.41 bits per heavy atom. The van der Waals surface area contributed by atoms with Crippen LogP contribution in [0, 0.1) is 0 Å². The van der Waals surface area contributed by atoms with Gasteiger partial charge < -0.3 is 10.8 Å². The van der Waals surface area contributed by atoms with Crippen LogP contribution in [0.3, 0.4) is 0 Å². The molecule has 96 valence electrons. The molecule has 0 aliphatic carbocycles. The first-order chi connectivity index (χ1) is 7.72. The van der Waals surface area contributed by atoms with Gasteiger partial charge in [-0.2, -0.15) is 0 Å². The number of sulfone groups is 1. The van der Waals surface area contributed by atoms with Gasteiger partial charge in [0.15, 0.2) is 14.0 Å². The zero-order valence-electron chi connectivity index (χ0n) is 9.72. The van der Waals surface area contributed by atoms with Crippen molar-refractivity contribution in [2.24, 2.45) is 0 Å². The molecule has 0 unspecified atom stereocenters. The van der Waals surface area contributed by atoms with Gasteiger partial charge in [-0.1, -0.05) is 30.7 Å². The summed E-state index contributed by atoms with van der Waals surface area (Å²) in [5.41, 5.74) is 6.49. The van der Waals surface area contributed by atoms with Crippen LogP contribution in [-0.2, 0) is 9.84 Å². The molecule has 0 aliphatic heterocycles. The summed E-state index contributed by atoms with van der Waals surface area (Å²) in [6.07, 6.45) is -0.159. The minimum Gasteiger partial charge on any atom is -0.399 e. The van der Waals surface area contributed by atoms with E-state index in [4.69, 9.17) is 17.3 Å². The lowest BCUT2D eigenvalue weighted by Crippen LogP contribution is -2.37. The van der Waals surface area contributed by atoms with Gasteiger partial charge in [0.05, 0.1) is 0 Å². The van der Waals surface area contributed by atoms with Crippen LogP contribution in [0.5, 0.6) is 0 Å². The molecule has 0 fully saturated rings. The van der Waals surface area contributed by atoms with Crippen LogP contribution < -0.4 is 5.73 Å². The molecule has 0 saturated heterocycles. The second-order valence-corrected chi connectivity index (χ2v) is 7.15. The molecule has 0 aromatic heterocycles. The number of anilines is 1. The Morgan fingerprint density at radius 2 is 1.88 bits per heavy atom. The number of nitrogens with two attached hydrogens (primary N) is 1. The van der Waals surface area contributed by atoms with Gasteiger partial charge >= 0.3 is 0 Å². The molecule has 0 bridgehead atoms. The normalized spacial score (nSPS) is 17.4. The Balaban J connectivity index is 3.19. The van der Waals surface area contributed by atoms with E-state index in [1.54, 1.807) is 31.2 Å². The van der Waals surface area contributed by atoms with E-state index in [9.17, 15) is 13.5 Å². The number of halogens is 1. The van der Waals surface area contributed by atoms with E-state index in [0.717, 1.165) is 6.26 Å². The summed E-state index contributed by atoms with van der Waals surface area (Å²) in [6, 6.07) is 6.32. The first kappa shape index (κ1) is 14.3. The van der Waals surface area contributed by atoms with Crippen LogP contribution in [0.4, 0.5) is 5.69 Å². The maximum Gasteiger partial charge on any atom is 0.174 e. The standard InChI is InChI=1S/C11H16ClNO3S/c1-3-11(12,17(2,15)16)10(14)8-4-6-9(13)7-5-8/h4-7,10,14H,3,13H2,1-2H3/t10-,11+/m1/s1. The van der Waals surface area contributed by atoms with Gasteiger partial charge in [0.25, 0.3) is 0 Å². The van der Waals surface area contributed by atoms with E-state index >= 15 is 0 Å². The summed E-state index contributed by atoms with van der Waals surface area (Å²) < 4.78 is 21.6. The summed E-state index contributed by atoms with van der Waals surface area (Å²) in [5, 5.41) is 10.1. The highest BCUT2D eigenvalue weighted by Crippen LogP contribution is 2.39. The quantitative estimate of drug-likeness (QED) is 0.648. The molecular formula is C11H16ClNO3S. The number of hydrogen-bond acceptors (Lipinski definition) is 4. The SMILES string of the molecule is CC[C@@](Cl)([C@H](O)c1ccc(N)cc1)S(C)(=O)=O. The Hall–Kier alpha value is -0.780. The van der Waals surface area contributed by atoms with Gasteiger partial charge in [0, 0.05) is 11.9 Å². The summed E-state index contributed by atoms with van der Waals surface area (Å²) in [4.78, 5) is 0. The van der Waals surface area contributed by atoms with Crippen LogP contribution in [0.2, 0.25) is 0 Å². The highest BCUT2D eigenvalue weighted by Gasteiger charge is 2.44. The number of alkyl halides is 1. The van der Waals surface area contributed by atoms with E-state index in [1.807, 2.05) is 0 Å². The lowest BCUT2D eigenvalue weighted by molar-refractivity contribution is 0.155. The van der Waals surface area contributed by atoms with Gasteiger partial charge in [-0.05, 0) is 24.1 Å². The Labute approximate surface area is 106 Å². The van der Waals surface area contributed by atoms with Gasteiger partial charge in [-0.15, -0.1) is 0 Å². The highest BCUT2D eigenvalue weighted by atomic mass is 35.5. The van der Waals surface area contributed by atoms with Crippen molar-refractivity contribution in [2.75, 3.05) is 12.0 Å². The molecule has 0 spiro atoms. The summed E-state index contributed by atoms with van der Waals surface area (Å²) in [6.45, 7) is 1.62. The predicted octanol–water partition coefficient (Wildman–Crippen LogP) is 1.69. The summed E-state index contributed by atoms with van der Waals surface area (Å²) in [7, 11) is -3.59. The van der Waals surface area contributed by atoms with E-state index in [2.05, 4.69) is 0 Å². The molecular weight excluding hydrogens is 262 g/mol. The monoisotopic (exact) mass is 277 g/mol. The highest BCUT2D eigenvalue weighted by molar-refractivity contribution is 7.93. The molecule has 4 nitrogen and oxygen atoms in total. The minimum atomic E-state index is -3.59. The largest absolute Gasteiger partial charge is 0.399 e. The fourth-order valence-corrected chi connectivity index (χ4v) is 2.78.